The van der Waals surface area contributed by atoms with Crippen LogP contribution in [0.4, 0.5) is 0 Å². The Kier molecular flexibility index (Phi) is 5.84. The first-order valence-corrected chi connectivity index (χ1v) is 6.64. The molecule has 0 fully saturated rings. The van der Waals surface area contributed by atoms with Crippen LogP contribution < -0.4 is 0 Å². The van der Waals surface area contributed by atoms with E-state index in [2.05, 4.69) is 5.73 Å². The zero-order chi connectivity index (χ0) is 14.3. The van der Waals surface area contributed by atoms with E-state index in [0.29, 0.717) is 6.42 Å². The van der Waals surface area contributed by atoms with E-state index in [1.165, 1.54) is 20.6 Å². The van der Waals surface area contributed by atoms with Crippen molar-refractivity contribution in [3.63, 3.8) is 0 Å². The van der Waals surface area contributed by atoms with Gasteiger partial charge in [-0.05, 0) is 44.3 Å². The van der Waals surface area contributed by atoms with Gasteiger partial charge >= 0.3 is 11.9 Å². The zero-order valence-corrected chi connectivity index (χ0v) is 12.0. The highest BCUT2D eigenvalue weighted by molar-refractivity contribution is 5.99. The van der Waals surface area contributed by atoms with Crippen molar-refractivity contribution < 1.29 is 19.1 Å². The highest BCUT2D eigenvalue weighted by Gasteiger charge is 2.44. The van der Waals surface area contributed by atoms with Gasteiger partial charge in [-0.1, -0.05) is 6.42 Å². The van der Waals surface area contributed by atoms with Crippen LogP contribution >= 0.6 is 0 Å². The molecular formula is C15H22O4. The number of carbonyl (C=O) groups excluding carboxylic acids is 2. The van der Waals surface area contributed by atoms with Gasteiger partial charge in [-0.2, -0.15) is 0 Å². The molecule has 0 saturated heterocycles. The molecular weight excluding hydrogens is 244 g/mol. The molecule has 0 aliphatic heterocycles. The van der Waals surface area contributed by atoms with Crippen molar-refractivity contribution in [2.75, 3.05) is 14.2 Å². The number of rotatable bonds is 4. The Hall–Kier alpha value is -1.54. The number of methoxy groups -OCH3 is 2. The third kappa shape index (κ3) is 3.97. The Morgan fingerprint density at radius 1 is 1.21 bits per heavy atom. The van der Waals surface area contributed by atoms with E-state index in [0.717, 1.165) is 31.3 Å². The summed E-state index contributed by atoms with van der Waals surface area (Å²) < 4.78 is 9.49. The predicted molar refractivity (Wildman–Crippen MR) is 71.4 cm³/mol. The fourth-order valence-corrected chi connectivity index (χ4v) is 2.29. The maximum Gasteiger partial charge on any atom is 0.323 e. The van der Waals surface area contributed by atoms with Gasteiger partial charge in [0.1, 0.15) is 0 Å². The molecule has 4 heteroatoms. The zero-order valence-electron chi connectivity index (χ0n) is 12.0. The van der Waals surface area contributed by atoms with E-state index >= 15 is 0 Å². The predicted octanol–water partition coefficient (Wildman–Crippen LogP) is 2.77. The van der Waals surface area contributed by atoms with Gasteiger partial charge in [0.15, 0.2) is 5.41 Å². The van der Waals surface area contributed by atoms with Crippen LogP contribution in [0.2, 0.25) is 0 Å². The summed E-state index contributed by atoms with van der Waals surface area (Å²) in [6.07, 6.45) is 7.55. The molecule has 1 aliphatic carbocycles. The van der Waals surface area contributed by atoms with Gasteiger partial charge in [0.25, 0.3) is 0 Å². The summed E-state index contributed by atoms with van der Waals surface area (Å²) in [4.78, 5) is 23.8. The maximum atomic E-state index is 11.9. The van der Waals surface area contributed by atoms with E-state index in [9.17, 15) is 9.59 Å². The highest BCUT2D eigenvalue weighted by atomic mass is 16.5. The summed E-state index contributed by atoms with van der Waals surface area (Å²) in [6.45, 7) is 1.57. The van der Waals surface area contributed by atoms with Crippen LogP contribution in [0.1, 0.15) is 45.4 Å². The van der Waals surface area contributed by atoms with Gasteiger partial charge in [0.2, 0.25) is 0 Å². The molecule has 106 valence electrons. The first-order valence-electron chi connectivity index (χ1n) is 6.64. The van der Waals surface area contributed by atoms with Crippen LogP contribution in [0.3, 0.4) is 0 Å². The lowest BCUT2D eigenvalue weighted by molar-refractivity contribution is -0.167. The summed E-state index contributed by atoms with van der Waals surface area (Å²) in [5.41, 5.74) is 2.92. The standard InChI is InChI=1S/C15H22O4/c1-15(13(16)18-2,14(17)19-3)11-12-9-7-5-4-6-8-10-12/h7H,4-6,8,10-11H2,1-3H3. The maximum absolute atomic E-state index is 11.9. The number of ether oxygens (including phenoxy) is 2. The Bertz CT molecular complexity index is 386. The van der Waals surface area contributed by atoms with Gasteiger partial charge in [-0.15, -0.1) is 5.73 Å². The van der Waals surface area contributed by atoms with Crippen LogP contribution in [0.15, 0.2) is 17.4 Å². The van der Waals surface area contributed by atoms with E-state index in [1.54, 1.807) is 6.92 Å². The molecule has 4 nitrogen and oxygen atoms in total. The molecule has 0 N–H and O–H groups in total. The molecule has 0 atom stereocenters. The summed E-state index contributed by atoms with van der Waals surface area (Å²) in [5.74, 6) is -1.12. The minimum absolute atomic E-state index is 0.308. The number of carbonyl (C=O) groups is 2. The Labute approximate surface area is 114 Å². The topological polar surface area (TPSA) is 52.6 Å². The second-order valence-electron chi connectivity index (χ2n) is 5.04. The van der Waals surface area contributed by atoms with E-state index in [4.69, 9.17) is 9.47 Å². The van der Waals surface area contributed by atoms with Crippen molar-refractivity contribution in [3.8, 4) is 0 Å². The van der Waals surface area contributed by atoms with Crippen molar-refractivity contribution in [1.29, 1.82) is 0 Å². The van der Waals surface area contributed by atoms with Crippen molar-refractivity contribution in [3.05, 3.63) is 17.4 Å². The molecule has 0 aromatic carbocycles. The van der Waals surface area contributed by atoms with Crippen LogP contribution in [0.25, 0.3) is 0 Å². The molecule has 0 aromatic rings. The molecule has 0 aromatic heterocycles. The van der Waals surface area contributed by atoms with Crippen LogP contribution in [0.5, 0.6) is 0 Å². The first-order chi connectivity index (χ1) is 9.04. The molecule has 0 radical (unpaired) electrons. The monoisotopic (exact) mass is 266 g/mol. The third-order valence-electron chi connectivity index (χ3n) is 3.47. The first kappa shape index (κ1) is 15.5. The molecule has 1 rings (SSSR count). The number of esters is 2. The Morgan fingerprint density at radius 3 is 2.42 bits per heavy atom. The fraction of sp³-hybridized carbons (Fsp3) is 0.667. The second-order valence-corrected chi connectivity index (χ2v) is 5.04. The molecule has 0 amide bonds. The number of hydrogen-bond acceptors (Lipinski definition) is 4. The second kappa shape index (κ2) is 7.15. The summed E-state index contributed by atoms with van der Waals surface area (Å²) in [5, 5.41) is 0. The lowest BCUT2D eigenvalue weighted by atomic mass is 9.82. The minimum atomic E-state index is -1.28. The quantitative estimate of drug-likeness (QED) is 0.446. The normalized spacial score (nSPS) is 16.1. The van der Waals surface area contributed by atoms with Crippen molar-refractivity contribution >= 4 is 11.9 Å². The molecule has 0 unspecified atom stereocenters. The Balaban J connectivity index is 2.97. The molecule has 0 saturated carbocycles. The lowest BCUT2D eigenvalue weighted by Crippen LogP contribution is -2.38. The number of allylic oxidation sites excluding steroid dienone is 1. The van der Waals surface area contributed by atoms with Gasteiger partial charge in [0, 0.05) is 6.42 Å². The van der Waals surface area contributed by atoms with E-state index < -0.39 is 17.4 Å². The van der Waals surface area contributed by atoms with Gasteiger partial charge < -0.3 is 9.47 Å². The number of hydrogen-bond donors (Lipinski definition) is 0. The largest absolute Gasteiger partial charge is 0.468 e. The summed E-state index contributed by atoms with van der Waals surface area (Å²) in [6, 6.07) is 0. The molecule has 0 bridgehead atoms. The van der Waals surface area contributed by atoms with E-state index in [-0.39, 0.29) is 0 Å². The third-order valence-corrected chi connectivity index (χ3v) is 3.47. The van der Waals surface area contributed by atoms with Crippen molar-refractivity contribution in [1.82, 2.24) is 0 Å². The average Bonchev–Trinajstić information content (AvgIpc) is 2.39. The lowest BCUT2D eigenvalue weighted by Gasteiger charge is -2.24. The molecule has 0 spiro atoms. The van der Waals surface area contributed by atoms with Crippen LogP contribution in [-0.2, 0) is 19.1 Å². The van der Waals surface area contributed by atoms with Crippen molar-refractivity contribution in [2.45, 2.75) is 45.4 Å². The average molecular weight is 266 g/mol. The summed E-state index contributed by atoms with van der Waals surface area (Å²) >= 11 is 0. The van der Waals surface area contributed by atoms with Crippen LogP contribution in [-0.4, -0.2) is 26.2 Å². The Morgan fingerprint density at radius 2 is 1.84 bits per heavy atom. The SMILES string of the molecule is COC(=O)C(C)(CC1=C=CCCCCC1)C(=O)OC. The van der Waals surface area contributed by atoms with Crippen LogP contribution in [0, 0.1) is 5.41 Å². The van der Waals surface area contributed by atoms with Gasteiger partial charge in [-0.25, -0.2) is 0 Å². The summed E-state index contributed by atoms with van der Waals surface area (Å²) in [7, 11) is 2.57. The smallest absolute Gasteiger partial charge is 0.323 e. The molecule has 19 heavy (non-hydrogen) atoms. The van der Waals surface area contributed by atoms with Gasteiger partial charge in [-0.3, -0.25) is 9.59 Å². The van der Waals surface area contributed by atoms with Gasteiger partial charge in [0.05, 0.1) is 14.2 Å². The minimum Gasteiger partial charge on any atom is -0.468 e. The fourth-order valence-electron chi connectivity index (χ4n) is 2.29. The van der Waals surface area contributed by atoms with Crippen molar-refractivity contribution in [2.24, 2.45) is 5.41 Å². The molecule has 0 heterocycles. The van der Waals surface area contributed by atoms with E-state index in [1.807, 2.05) is 6.08 Å². The highest BCUT2D eigenvalue weighted by Crippen LogP contribution is 2.31. The molecule has 1 aliphatic rings.